The van der Waals surface area contributed by atoms with E-state index in [0.717, 1.165) is 6.07 Å². The number of nitrogens with two attached hydrogens (primary N) is 1. The number of anilines is 1. The normalized spacial score (nSPS) is 10.5. The molecule has 3 N–H and O–H groups in total. The van der Waals surface area contributed by atoms with Crippen LogP contribution >= 0.6 is 23.8 Å². The molecule has 1 heterocycles. The van der Waals surface area contributed by atoms with Crippen molar-refractivity contribution in [1.82, 2.24) is 9.78 Å². The Hall–Kier alpha value is -2.06. The Morgan fingerprint density at radius 2 is 2.05 bits per heavy atom. The predicted molar refractivity (Wildman–Crippen MR) is 78.4 cm³/mol. The standard InChI is InChI=1S/C12H9ClF2N4OS/c1-19-11(6(4-17-19)10(16)21)18-12(20)5-2-9(15)7(13)3-8(5)14/h2-4H,1H3,(H2,16,21)(H,18,20). The van der Waals surface area contributed by atoms with Gasteiger partial charge in [0.2, 0.25) is 0 Å². The van der Waals surface area contributed by atoms with Crippen molar-refractivity contribution < 1.29 is 13.6 Å². The molecule has 1 amide bonds. The molecule has 21 heavy (non-hydrogen) atoms. The lowest BCUT2D eigenvalue weighted by molar-refractivity contribution is 0.102. The summed E-state index contributed by atoms with van der Waals surface area (Å²) in [6.45, 7) is 0. The molecule has 0 unspecified atom stereocenters. The number of amides is 1. The molecule has 1 aromatic heterocycles. The lowest BCUT2D eigenvalue weighted by Gasteiger charge is -2.09. The number of carbonyl (C=O) groups excluding carboxylic acids is 1. The van der Waals surface area contributed by atoms with Crippen LogP contribution in [0.5, 0.6) is 0 Å². The third-order valence-corrected chi connectivity index (χ3v) is 3.20. The van der Waals surface area contributed by atoms with Crippen molar-refractivity contribution in [3.8, 4) is 0 Å². The Bertz CT molecular complexity index is 747. The van der Waals surface area contributed by atoms with Crippen LogP contribution in [0.4, 0.5) is 14.6 Å². The van der Waals surface area contributed by atoms with E-state index in [-0.39, 0.29) is 10.8 Å². The van der Waals surface area contributed by atoms with E-state index >= 15 is 0 Å². The van der Waals surface area contributed by atoms with Gasteiger partial charge in [-0.1, -0.05) is 23.8 Å². The summed E-state index contributed by atoms with van der Waals surface area (Å²) >= 11 is 10.2. The molecule has 9 heteroatoms. The van der Waals surface area contributed by atoms with Crippen LogP contribution in [0, 0.1) is 11.6 Å². The highest BCUT2D eigenvalue weighted by Gasteiger charge is 2.19. The van der Waals surface area contributed by atoms with Gasteiger partial charge >= 0.3 is 0 Å². The van der Waals surface area contributed by atoms with E-state index in [1.165, 1.54) is 17.9 Å². The zero-order chi connectivity index (χ0) is 15.7. The van der Waals surface area contributed by atoms with Crippen LogP contribution in [-0.4, -0.2) is 20.7 Å². The molecule has 0 aliphatic rings. The summed E-state index contributed by atoms with van der Waals surface area (Å²) in [5.41, 5.74) is 5.31. The van der Waals surface area contributed by atoms with E-state index < -0.39 is 28.1 Å². The molecule has 0 aliphatic heterocycles. The molecule has 0 saturated carbocycles. The summed E-state index contributed by atoms with van der Waals surface area (Å²) in [4.78, 5) is 12.1. The van der Waals surface area contributed by atoms with E-state index in [9.17, 15) is 13.6 Å². The molecule has 0 atom stereocenters. The number of aromatic nitrogens is 2. The average molecular weight is 331 g/mol. The molecule has 110 valence electrons. The van der Waals surface area contributed by atoms with Gasteiger partial charge in [0, 0.05) is 7.05 Å². The number of hydrogen-bond acceptors (Lipinski definition) is 3. The highest BCUT2D eigenvalue weighted by atomic mass is 35.5. The summed E-state index contributed by atoms with van der Waals surface area (Å²) in [7, 11) is 1.54. The first-order valence-corrected chi connectivity index (χ1v) is 6.37. The predicted octanol–water partition coefficient (Wildman–Crippen LogP) is 2.24. The minimum absolute atomic E-state index is 0.0150. The topological polar surface area (TPSA) is 72.9 Å². The second kappa shape index (κ2) is 5.74. The summed E-state index contributed by atoms with van der Waals surface area (Å²) in [6, 6.07) is 1.44. The highest BCUT2D eigenvalue weighted by molar-refractivity contribution is 7.80. The van der Waals surface area contributed by atoms with Crippen molar-refractivity contribution in [2.24, 2.45) is 12.8 Å². The van der Waals surface area contributed by atoms with Crippen LogP contribution in [-0.2, 0) is 7.05 Å². The van der Waals surface area contributed by atoms with E-state index in [4.69, 9.17) is 29.6 Å². The van der Waals surface area contributed by atoms with E-state index in [0.29, 0.717) is 11.6 Å². The van der Waals surface area contributed by atoms with Gasteiger partial charge in [0.05, 0.1) is 22.3 Å². The Labute approximate surface area is 128 Å². The zero-order valence-electron chi connectivity index (χ0n) is 10.7. The average Bonchev–Trinajstić information content (AvgIpc) is 2.75. The van der Waals surface area contributed by atoms with Crippen molar-refractivity contribution in [1.29, 1.82) is 0 Å². The number of nitrogens with one attached hydrogen (secondary N) is 1. The molecule has 2 rings (SSSR count). The van der Waals surface area contributed by atoms with Gasteiger partial charge in [-0.05, 0) is 12.1 Å². The highest BCUT2D eigenvalue weighted by Crippen LogP contribution is 2.21. The van der Waals surface area contributed by atoms with Crippen molar-refractivity contribution in [2.75, 3.05) is 5.32 Å². The number of thiocarbonyl (C=S) groups is 1. The number of hydrogen-bond donors (Lipinski definition) is 2. The van der Waals surface area contributed by atoms with Crippen LogP contribution in [0.15, 0.2) is 18.3 Å². The molecule has 0 saturated heterocycles. The zero-order valence-corrected chi connectivity index (χ0v) is 12.2. The van der Waals surface area contributed by atoms with E-state index in [1.807, 2.05) is 0 Å². The third-order valence-electron chi connectivity index (χ3n) is 2.69. The minimum atomic E-state index is -0.946. The van der Waals surface area contributed by atoms with Crippen LogP contribution < -0.4 is 11.1 Å². The summed E-state index contributed by atoms with van der Waals surface area (Å²) in [5, 5.41) is 5.86. The maximum atomic E-state index is 13.7. The fourth-order valence-electron chi connectivity index (χ4n) is 1.64. The SMILES string of the molecule is Cn1ncc(C(N)=S)c1NC(=O)c1cc(F)c(Cl)cc1F. The van der Waals surface area contributed by atoms with Gasteiger partial charge in [0.15, 0.2) is 0 Å². The van der Waals surface area contributed by atoms with E-state index in [2.05, 4.69) is 10.4 Å². The van der Waals surface area contributed by atoms with Gasteiger partial charge in [-0.25, -0.2) is 8.78 Å². The first-order chi connectivity index (χ1) is 9.81. The number of nitrogens with zero attached hydrogens (tertiary/aromatic N) is 2. The summed E-state index contributed by atoms with van der Waals surface area (Å²) in [6.07, 6.45) is 1.36. The van der Waals surface area contributed by atoms with Gasteiger partial charge in [-0.3, -0.25) is 9.48 Å². The lowest BCUT2D eigenvalue weighted by Crippen LogP contribution is -2.20. The fraction of sp³-hybridized carbons (Fsp3) is 0.0833. The molecule has 5 nitrogen and oxygen atoms in total. The van der Waals surface area contributed by atoms with Crippen molar-refractivity contribution in [3.63, 3.8) is 0 Å². The molecular formula is C12H9ClF2N4OS. The molecule has 0 bridgehead atoms. The monoisotopic (exact) mass is 330 g/mol. The van der Waals surface area contributed by atoms with Crippen LogP contribution in [0.2, 0.25) is 5.02 Å². The molecular weight excluding hydrogens is 322 g/mol. The smallest absolute Gasteiger partial charge is 0.259 e. The molecule has 0 radical (unpaired) electrons. The third kappa shape index (κ3) is 3.01. The summed E-state index contributed by atoms with van der Waals surface area (Å²) in [5.74, 6) is -2.54. The van der Waals surface area contributed by atoms with Crippen LogP contribution in [0.25, 0.3) is 0 Å². The second-order valence-electron chi connectivity index (χ2n) is 4.09. The Morgan fingerprint density at radius 3 is 2.67 bits per heavy atom. The number of carbonyl (C=O) groups is 1. The summed E-state index contributed by atoms with van der Waals surface area (Å²) < 4.78 is 28.3. The molecule has 0 aliphatic carbocycles. The van der Waals surface area contributed by atoms with Crippen molar-refractivity contribution in [3.05, 3.63) is 46.1 Å². The molecule has 1 aromatic carbocycles. The van der Waals surface area contributed by atoms with Crippen LogP contribution in [0.1, 0.15) is 15.9 Å². The number of benzene rings is 1. The number of aryl methyl sites for hydroxylation is 1. The maximum absolute atomic E-state index is 13.7. The Kier molecular flexibility index (Phi) is 4.19. The first kappa shape index (κ1) is 15.3. The minimum Gasteiger partial charge on any atom is -0.389 e. The molecule has 0 fully saturated rings. The second-order valence-corrected chi connectivity index (χ2v) is 4.94. The first-order valence-electron chi connectivity index (χ1n) is 5.59. The number of rotatable bonds is 3. The molecule has 0 spiro atoms. The lowest BCUT2D eigenvalue weighted by atomic mass is 10.2. The Balaban J connectivity index is 2.37. The van der Waals surface area contributed by atoms with Gasteiger partial charge in [-0.15, -0.1) is 0 Å². The van der Waals surface area contributed by atoms with Gasteiger partial charge in [-0.2, -0.15) is 5.10 Å². The fourth-order valence-corrected chi connectivity index (χ4v) is 1.94. The van der Waals surface area contributed by atoms with E-state index in [1.54, 1.807) is 0 Å². The largest absolute Gasteiger partial charge is 0.389 e. The van der Waals surface area contributed by atoms with Crippen molar-refractivity contribution in [2.45, 2.75) is 0 Å². The quantitative estimate of drug-likeness (QED) is 0.668. The maximum Gasteiger partial charge on any atom is 0.259 e. The van der Waals surface area contributed by atoms with Crippen LogP contribution in [0.3, 0.4) is 0 Å². The number of halogens is 3. The van der Waals surface area contributed by atoms with Crippen molar-refractivity contribution >= 4 is 40.5 Å². The van der Waals surface area contributed by atoms with Gasteiger partial charge < -0.3 is 11.1 Å². The van der Waals surface area contributed by atoms with Gasteiger partial charge in [0.1, 0.15) is 22.4 Å². The molecule has 2 aromatic rings. The Morgan fingerprint density at radius 1 is 1.38 bits per heavy atom. The van der Waals surface area contributed by atoms with Gasteiger partial charge in [0.25, 0.3) is 5.91 Å².